The Kier molecular flexibility index (Phi) is 6.68. The fourth-order valence-electron chi connectivity index (χ4n) is 1.20. The predicted molar refractivity (Wildman–Crippen MR) is 49.6 cm³/mol. The van der Waals surface area contributed by atoms with Crippen molar-refractivity contribution < 1.29 is 51.4 Å². The first-order chi connectivity index (χ1) is 5.88. The maximum atomic E-state index is 10.8. The van der Waals surface area contributed by atoms with Crippen molar-refractivity contribution in [2.45, 2.75) is 19.0 Å². The molecule has 3 radical (unpaired) electrons. The van der Waals surface area contributed by atoms with Crippen LogP contribution >= 0.6 is 7.60 Å². The van der Waals surface area contributed by atoms with Crippen LogP contribution in [0, 0.1) is 12.3 Å². The zero-order valence-electron chi connectivity index (χ0n) is 8.29. The van der Waals surface area contributed by atoms with Gasteiger partial charge in [0.25, 0.3) is 0 Å². The van der Waals surface area contributed by atoms with E-state index in [4.69, 9.17) is 22.0 Å². The second kappa shape index (κ2) is 6.12. The van der Waals surface area contributed by atoms with Gasteiger partial charge in [-0.05, 0) is 0 Å². The Morgan fingerprint density at radius 3 is 2.64 bits per heavy atom. The Bertz CT molecular complexity index is 222. The van der Waals surface area contributed by atoms with E-state index < -0.39 is 13.6 Å². The Morgan fingerprint density at radius 1 is 1.71 bits per heavy atom. The second-order valence-electron chi connectivity index (χ2n) is 3.29. The van der Waals surface area contributed by atoms with Crippen LogP contribution in [0.15, 0.2) is 0 Å². The molecule has 1 saturated heterocycles. The van der Waals surface area contributed by atoms with Crippen LogP contribution in [-0.4, -0.2) is 38.1 Å². The molecule has 1 heterocycles. The van der Waals surface area contributed by atoms with Crippen molar-refractivity contribution >= 4 is 15.4 Å². The van der Waals surface area contributed by atoms with Crippen LogP contribution in [0.2, 0.25) is 0 Å². The van der Waals surface area contributed by atoms with E-state index in [2.05, 4.69) is 0 Å². The molecule has 0 saturated carbocycles. The van der Waals surface area contributed by atoms with Gasteiger partial charge >= 0.3 is 7.60 Å². The van der Waals surface area contributed by atoms with Gasteiger partial charge in [0, 0.05) is 39.4 Å². The summed E-state index contributed by atoms with van der Waals surface area (Å²) >= 11 is 0. The maximum absolute atomic E-state index is 10.8. The topological polar surface area (TPSA) is 55.8 Å². The van der Waals surface area contributed by atoms with Crippen molar-refractivity contribution in [3.8, 4) is 0 Å². The van der Waals surface area contributed by atoms with Crippen LogP contribution in [-0.2, 0) is 46.5 Å². The molecule has 0 aromatic heterocycles. The molecule has 1 fully saturated rings. The Labute approximate surface area is 111 Å². The minimum Gasteiger partial charge on any atom is -0.415 e. The molecular formula is C7H13BO4PY-. The van der Waals surface area contributed by atoms with E-state index in [-0.39, 0.29) is 51.3 Å². The Balaban J connectivity index is 0.00000169. The summed E-state index contributed by atoms with van der Waals surface area (Å²) in [6, 6.07) is -0.390. The van der Waals surface area contributed by atoms with Crippen molar-refractivity contribution in [2.75, 3.05) is 13.3 Å². The monoisotopic (exact) mass is 292 g/mol. The van der Waals surface area contributed by atoms with Crippen molar-refractivity contribution in [3.05, 3.63) is 6.42 Å². The van der Waals surface area contributed by atoms with Gasteiger partial charge in [-0.1, -0.05) is 12.9 Å². The summed E-state index contributed by atoms with van der Waals surface area (Å²) in [6.07, 6.45) is 1.63. The molecule has 1 rings (SSSR count). The van der Waals surface area contributed by atoms with Crippen LogP contribution in [0.3, 0.4) is 0 Å². The molecule has 1 N–H and O–H groups in total. The minimum atomic E-state index is -3.40. The third-order valence-electron chi connectivity index (χ3n) is 1.89. The van der Waals surface area contributed by atoms with Crippen molar-refractivity contribution in [2.24, 2.45) is 5.92 Å². The van der Waals surface area contributed by atoms with E-state index in [0.29, 0.717) is 0 Å². The van der Waals surface area contributed by atoms with Crippen molar-refractivity contribution in [1.82, 2.24) is 0 Å². The van der Waals surface area contributed by atoms with E-state index in [1.807, 2.05) is 13.3 Å². The number of hydrogen-bond donors (Lipinski definition) is 1. The van der Waals surface area contributed by atoms with Gasteiger partial charge in [0.1, 0.15) is 0 Å². The zero-order valence-corrected chi connectivity index (χ0v) is 12.0. The van der Waals surface area contributed by atoms with Crippen LogP contribution < -0.4 is 0 Å². The fourth-order valence-corrected chi connectivity index (χ4v) is 1.62. The summed E-state index contributed by atoms with van der Waals surface area (Å²) in [5, 5.41) is 0. The molecule has 14 heavy (non-hydrogen) atoms. The molecule has 0 aromatic rings. The van der Waals surface area contributed by atoms with E-state index in [0.717, 1.165) is 6.66 Å². The van der Waals surface area contributed by atoms with Gasteiger partial charge in [0.05, 0.1) is 20.6 Å². The normalized spacial score (nSPS) is 36.1. The smallest absolute Gasteiger partial charge is 0.325 e. The summed E-state index contributed by atoms with van der Waals surface area (Å²) in [6.45, 7) is 3.19. The molecule has 77 valence electrons. The van der Waals surface area contributed by atoms with Crippen LogP contribution in [0.5, 0.6) is 0 Å². The van der Waals surface area contributed by atoms with Gasteiger partial charge in [-0.2, -0.15) is 0 Å². The number of hydrogen-bond acceptors (Lipinski definition) is 3. The average Bonchev–Trinajstić information content (AvgIpc) is 2.24. The van der Waals surface area contributed by atoms with Crippen LogP contribution in [0.4, 0.5) is 0 Å². The first-order valence-corrected chi connectivity index (χ1v) is 6.12. The molecule has 0 spiro atoms. The Hall–Kier alpha value is 1.28. The van der Waals surface area contributed by atoms with E-state index >= 15 is 0 Å². The first-order valence-electron chi connectivity index (χ1n) is 4.09. The summed E-state index contributed by atoms with van der Waals surface area (Å²) in [4.78, 5) is 8.87. The molecular weight excluding hydrogens is 279 g/mol. The van der Waals surface area contributed by atoms with Crippen LogP contribution in [0.1, 0.15) is 6.92 Å². The SMILES string of the molecule is [B][C@H]1[CH-]C(C)[C@@H](COP(C)(=O)O)O1.[Y]. The van der Waals surface area contributed by atoms with Crippen molar-refractivity contribution in [3.63, 3.8) is 0 Å². The van der Waals surface area contributed by atoms with Crippen molar-refractivity contribution in [1.29, 1.82) is 0 Å². The molecule has 0 aromatic carbocycles. The van der Waals surface area contributed by atoms with E-state index in [9.17, 15) is 4.57 Å². The van der Waals surface area contributed by atoms with Gasteiger partial charge in [0.15, 0.2) is 0 Å². The molecule has 1 aliphatic heterocycles. The van der Waals surface area contributed by atoms with Gasteiger partial charge < -0.3 is 20.6 Å². The third-order valence-corrected chi connectivity index (χ3v) is 2.52. The van der Waals surface area contributed by atoms with E-state index in [1.165, 1.54) is 0 Å². The summed E-state index contributed by atoms with van der Waals surface area (Å²) in [5.41, 5.74) is 0. The molecule has 4 atom stereocenters. The minimum absolute atomic E-state index is 0. The molecule has 0 bridgehead atoms. The second-order valence-corrected chi connectivity index (χ2v) is 5.15. The zero-order chi connectivity index (χ0) is 10.1. The van der Waals surface area contributed by atoms with Gasteiger partial charge in [0.2, 0.25) is 0 Å². The molecule has 4 nitrogen and oxygen atoms in total. The average molecular weight is 292 g/mol. The first kappa shape index (κ1) is 15.3. The molecule has 0 amide bonds. The molecule has 1 aliphatic rings. The van der Waals surface area contributed by atoms with Crippen LogP contribution in [0.25, 0.3) is 0 Å². The number of rotatable bonds is 3. The van der Waals surface area contributed by atoms with Gasteiger partial charge in [-0.3, -0.25) is 4.57 Å². The maximum Gasteiger partial charge on any atom is 0.325 e. The van der Waals surface area contributed by atoms with Gasteiger partial charge in [-0.25, -0.2) is 0 Å². The summed E-state index contributed by atoms with van der Waals surface area (Å²) in [7, 11) is 2.09. The molecule has 0 aliphatic carbocycles. The predicted octanol–water partition coefficient (Wildman–Crippen LogP) is 0.549. The third kappa shape index (κ3) is 5.39. The standard InChI is InChI=1S/C7H13BO4P.Y/c1-5-3-7(8)12-6(5)4-11-13(2,9)10;/h3,5-7H,4H2,1-2H3,(H,9,10);/q-1;/t5?,6-,7-;/m1./s1. The summed E-state index contributed by atoms with van der Waals surface area (Å²) in [5.74, 6) is 0.154. The quantitative estimate of drug-likeness (QED) is 0.469. The fraction of sp³-hybridized carbons (Fsp3) is 0.857. The largest absolute Gasteiger partial charge is 0.415 e. The van der Waals surface area contributed by atoms with E-state index in [1.54, 1.807) is 0 Å². The Morgan fingerprint density at radius 2 is 2.29 bits per heavy atom. The summed E-state index contributed by atoms with van der Waals surface area (Å²) < 4.78 is 20.8. The molecule has 7 heteroatoms. The van der Waals surface area contributed by atoms with Gasteiger partial charge in [-0.15, -0.1) is 5.92 Å². The number of ether oxygens (including phenoxy) is 1. The molecule has 2 unspecified atom stereocenters.